The van der Waals surface area contributed by atoms with Crippen LogP contribution in [0.5, 0.6) is 5.75 Å². The normalized spacial score (nSPS) is 12.9. The molecular weight excluding hydrogens is 472 g/mol. The van der Waals surface area contributed by atoms with E-state index in [4.69, 9.17) is 4.74 Å². The maximum Gasteiger partial charge on any atom is 0.261 e. The number of nitrogens with zero attached hydrogens (tertiary/aromatic N) is 1. The molecule has 0 aromatic heterocycles. The summed E-state index contributed by atoms with van der Waals surface area (Å²) in [6.45, 7) is 12.6. The van der Waals surface area contributed by atoms with Gasteiger partial charge in [0.2, 0.25) is 5.91 Å². The van der Waals surface area contributed by atoms with E-state index >= 15 is 0 Å². The highest BCUT2D eigenvalue weighted by Gasteiger charge is 2.31. The number of amides is 2. The van der Waals surface area contributed by atoms with Gasteiger partial charge in [0.05, 0.1) is 0 Å². The Labute approximate surface area is 228 Å². The quantitative estimate of drug-likeness (QED) is 0.330. The molecule has 0 aliphatic heterocycles. The number of rotatable bonds is 11. The zero-order valence-corrected chi connectivity index (χ0v) is 23.7. The Kier molecular flexibility index (Phi) is 10.1. The van der Waals surface area contributed by atoms with E-state index in [1.165, 1.54) is 0 Å². The number of nitrogens with one attached hydrogen (secondary N) is 1. The molecule has 5 nitrogen and oxygen atoms in total. The monoisotopic (exact) mass is 514 g/mol. The van der Waals surface area contributed by atoms with E-state index in [1.54, 1.807) is 4.90 Å². The van der Waals surface area contributed by atoms with E-state index in [-0.39, 0.29) is 29.9 Å². The van der Waals surface area contributed by atoms with Crippen LogP contribution in [0, 0.1) is 6.92 Å². The zero-order valence-electron chi connectivity index (χ0n) is 23.7. The van der Waals surface area contributed by atoms with E-state index < -0.39 is 6.04 Å². The molecule has 5 heteroatoms. The molecule has 0 saturated heterocycles. The number of benzene rings is 3. The van der Waals surface area contributed by atoms with Crippen LogP contribution in [-0.4, -0.2) is 35.4 Å². The van der Waals surface area contributed by atoms with Gasteiger partial charge in [-0.1, -0.05) is 106 Å². The van der Waals surface area contributed by atoms with Crippen LogP contribution in [0.3, 0.4) is 0 Å². The average Bonchev–Trinajstić information content (AvgIpc) is 2.90. The molecule has 3 rings (SSSR count). The number of hydrogen-bond donors (Lipinski definition) is 1. The van der Waals surface area contributed by atoms with Crippen molar-refractivity contribution < 1.29 is 14.3 Å². The lowest BCUT2D eigenvalue weighted by atomic mass is 9.86. The van der Waals surface area contributed by atoms with Crippen molar-refractivity contribution in [3.63, 3.8) is 0 Å². The third kappa shape index (κ3) is 8.20. The molecule has 0 spiro atoms. The molecule has 202 valence electrons. The fourth-order valence-corrected chi connectivity index (χ4v) is 4.32. The Balaban J connectivity index is 1.94. The van der Waals surface area contributed by atoms with E-state index in [2.05, 4.69) is 26.1 Å². The van der Waals surface area contributed by atoms with E-state index in [0.717, 1.165) is 28.7 Å². The van der Waals surface area contributed by atoms with Gasteiger partial charge < -0.3 is 15.0 Å². The third-order valence-corrected chi connectivity index (χ3v) is 6.79. The molecule has 0 aliphatic carbocycles. The molecule has 0 aliphatic rings. The second kappa shape index (κ2) is 13.3. The largest absolute Gasteiger partial charge is 0.483 e. The van der Waals surface area contributed by atoms with Crippen molar-refractivity contribution in [3.8, 4) is 5.75 Å². The Morgan fingerprint density at radius 2 is 1.53 bits per heavy atom. The molecule has 2 amide bonds. The second-order valence-corrected chi connectivity index (χ2v) is 11.1. The maximum absolute atomic E-state index is 13.9. The molecule has 0 saturated carbocycles. The first-order valence-corrected chi connectivity index (χ1v) is 13.5. The number of aryl methyl sites for hydroxylation is 1. The van der Waals surface area contributed by atoms with Crippen molar-refractivity contribution in [2.45, 2.75) is 78.4 Å². The van der Waals surface area contributed by atoms with Gasteiger partial charge in [0.1, 0.15) is 11.8 Å². The first kappa shape index (κ1) is 29.0. The predicted octanol–water partition coefficient (Wildman–Crippen LogP) is 6.23. The van der Waals surface area contributed by atoms with Crippen LogP contribution in [0.25, 0.3) is 0 Å². The van der Waals surface area contributed by atoms with Gasteiger partial charge in [0.25, 0.3) is 5.91 Å². The lowest BCUT2D eigenvalue weighted by Gasteiger charge is -2.32. The molecule has 3 aromatic carbocycles. The van der Waals surface area contributed by atoms with Crippen molar-refractivity contribution in [2.75, 3.05) is 6.61 Å². The van der Waals surface area contributed by atoms with Crippen LogP contribution in [0.15, 0.2) is 78.9 Å². The number of hydrogen-bond acceptors (Lipinski definition) is 3. The summed E-state index contributed by atoms with van der Waals surface area (Å²) >= 11 is 0. The van der Waals surface area contributed by atoms with Crippen LogP contribution >= 0.6 is 0 Å². The lowest BCUT2D eigenvalue weighted by Crippen LogP contribution is -2.53. The summed E-state index contributed by atoms with van der Waals surface area (Å²) in [5.41, 5.74) is 4.01. The summed E-state index contributed by atoms with van der Waals surface area (Å²) in [6.07, 6.45) is 1.22. The van der Waals surface area contributed by atoms with Crippen LogP contribution < -0.4 is 10.1 Å². The summed E-state index contributed by atoms with van der Waals surface area (Å²) in [5.74, 6) is 0.306. The van der Waals surface area contributed by atoms with Crippen LogP contribution in [-0.2, 0) is 28.0 Å². The number of ether oxygens (including phenoxy) is 1. The number of para-hydroxylation sites is 1. The molecular formula is C33H42N2O3. The smallest absolute Gasteiger partial charge is 0.261 e. The molecule has 0 fully saturated rings. The van der Waals surface area contributed by atoms with Gasteiger partial charge in [0.15, 0.2) is 6.61 Å². The van der Waals surface area contributed by atoms with Gasteiger partial charge in [-0.2, -0.15) is 0 Å². The molecule has 0 radical (unpaired) electrons. The molecule has 2 atom stereocenters. The summed E-state index contributed by atoms with van der Waals surface area (Å²) in [7, 11) is 0. The standard InChI is InChI=1S/C33H42N2O3/c1-7-25(3)34-32(37)29(21-26-13-9-8-10-14-26)35(22-27-19-17-24(2)18-20-27)31(36)23-38-30-16-12-11-15-28(30)33(4,5)6/h8-20,25,29H,7,21-23H2,1-6H3,(H,34,37)/t25-,29-/m1/s1. The van der Waals surface area contributed by atoms with Gasteiger partial charge >= 0.3 is 0 Å². The van der Waals surface area contributed by atoms with Gasteiger partial charge in [-0.3, -0.25) is 9.59 Å². The topological polar surface area (TPSA) is 58.6 Å². The minimum atomic E-state index is -0.679. The first-order chi connectivity index (χ1) is 18.1. The van der Waals surface area contributed by atoms with E-state index in [9.17, 15) is 9.59 Å². The Morgan fingerprint density at radius 1 is 0.895 bits per heavy atom. The van der Waals surface area contributed by atoms with Crippen LogP contribution in [0.4, 0.5) is 0 Å². The molecule has 0 unspecified atom stereocenters. The molecule has 38 heavy (non-hydrogen) atoms. The van der Waals surface area contributed by atoms with Gasteiger partial charge in [-0.05, 0) is 48.4 Å². The van der Waals surface area contributed by atoms with Gasteiger partial charge in [-0.15, -0.1) is 0 Å². The minimum Gasteiger partial charge on any atom is -0.483 e. The van der Waals surface area contributed by atoms with Crippen LogP contribution in [0.2, 0.25) is 0 Å². The fraction of sp³-hybridized carbons (Fsp3) is 0.394. The molecule has 0 bridgehead atoms. The van der Waals surface area contributed by atoms with Crippen molar-refractivity contribution >= 4 is 11.8 Å². The Morgan fingerprint density at radius 3 is 2.16 bits per heavy atom. The van der Waals surface area contributed by atoms with Crippen molar-refractivity contribution in [1.29, 1.82) is 0 Å². The molecule has 0 heterocycles. The lowest BCUT2D eigenvalue weighted by molar-refractivity contribution is -0.143. The highest BCUT2D eigenvalue weighted by atomic mass is 16.5. The fourth-order valence-electron chi connectivity index (χ4n) is 4.32. The van der Waals surface area contributed by atoms with Gasteiger partial charge in [-0.25, -0.2) is 0 Å². The van der Waals surface area contributed by atoms with Crippen molar-refractivity contribution in [1.82, 2.24) is 10.2 Å². The van der Waals surface area contributed by atoms with Crippen molar-refractivity contribution in [3.05, 3.63) is 101 Å². The van der Waals surface area contributed by atoms with Gasteiger partial charge in [0, 0.05) is 19.0 Å². The summed E-state index contributed by atoms with van der Waals surface area (Å²) < 4.78 is 6.12. The molecule has 3 aromatic rings. The van der Waals surface area contributed by atoms with Crippen LogP contribution in [0.1, 0.15) is 63.3 Å². The van der Waals surface area contributed by atoms with E-state index in [0.29, 0.717) is 18.7 Å². The van der Waals surface area contributed by atoms with Crippen molar-refractivity contribution in [2.24, 2.45) is 0 Å². The average molecular weight is 515 g/mol. The Hall–Kier alpha value is -3.60. The first-order valence-electron chi connectivity index (χ1n) is 13.5. The van der Waals surface area contributed by atoms with E-state index in [1.807, 2.05) is 99.6 Å². The minimum absolute atomic E-state index is 0.00649. The predicted molar refractivity (Wildman–Crippen MR) is 154 cm³/mol. The highest BCUT2D eigenvalue weighted by Crippen LogP contribution is 2.31. The number of carbonyl (C=O) groups is 2. The number of carbonyl (C=O) groups excluding carboxylic acids is 2. The Bertz CT molecular complexity index is 1180. The summed E-state index contributed by atoms with van der Waals surface area (Å²) in [6, 6.07) is 25.1. The second-order valence-electron chi connectivity index (χ2n) is 11.1. The zero-order chi connectivity index (χ0) is 27.7. The molecule has 1 N–H and O–H groups in total. The summed E-state index contributed by atoms with van der Waals surface area (Å²) in [4.78, 5) is 29.2. The highest BCUT2D eigenvalue weighted by molar-refractivity contribution is 5.88. The summed E-state index contributed by atoms with van der Waals surface area (Å²) in [5, 5.41) is 3.11. The SMILES string of the molecule is CC[C@@H](C)NC(=O)[C@@H](Cc1ccccc1)N(Cc1ccc(C)cc1)C(=O)COc1ccccc1C(C)(C)C. The maximum atomic E-state index is 13.9. The third-order valence-electron chi connectivity index (χ3n) is 6.79.